The highest BCUT2D eigenvalue weighted by Crippen LogP contribution is 2.29. The minimum atomic E-state index is -4.69. The molecule has 0 aliphatic carbocycles. The number of nitrogens with zero attached hydrogens (tertiary/aromatic N) is 1. The number of aliphatic carboxylic acids is 1. The largest absolute Gasteiger partial charge is 0.481 e. The number of carbonyl (C=O) groups excluding carboxylic acids is 1. The zero-order valence-corrected chi connectivity index (χ0v) is 12.5. The van der Waals surface area contributed by atoms with Crippen LogP contribution in [0, 0.1) is 0 Å². The molecule has 0 spiro atoms. The fourth-order valence-electron chi connectivity index (χ4n) is 2.31. The molecule has 1 aliphatic rings. The maximum atomic E-state index is 13.1. The van der Waals surface area contributed by atoms with Crippen molar-refractivity contribution in [2.75, 3.05) is 13.2 Å². The summed E-state index contributed by atoms with van der Waals surface area (Å²) in [5, 5.41) is 8.73. The first-order valence-electron chi connectivity index (χ1n) is 7.15. The van der Waals surface area contributed by atoms with Crippen molar-refractivity contribution < 1.29 is 37.3 Å². The van der Waals surface area contributed by atoms with Crippen molar-refractivity contribution in [2.45, 2.75) is 31.3 Å². The van der Waals surface area contributed by atoms with Gasteiger partial charge in [-0.05, 0) is 5.56 Å². The number of ether oxygens (including phenoxy) is 2. The zero-order valence-electron chi connectivity index (χ0n) is 12.5. The van der Waals surface area contributed by atoms with E-state index in [4.69, 9.17) is 14.6 Å². The number of benzene rings is 1. The molecule has 2 atom stereocenters. The van der Waals surface area contributed by atoms with Crippen molar-refractivity contribution in [3.05, 3.63) is 35.9 Å². The van der Waals surface area contributed by atoms with Gasteiger partial charge >= 0.3 is 18.2 Å². The number of hydrogen-bond donors (Lipinski definition) is 1. The molecule has 0 saturated carbocycles. The van der Waals surface area contributed by atoms with Gasteiger partial charge in [-0.15, -0.1) is 0 Å². The highest BCUT2D eigenvalue weighted by molar-refractivity contribution is 5.69. The Bertz CT molecular complexity index is 578. The predicted molar refractivity (Wildman–Crippen MR) is 75.2 cm³/mol. The normalized spacial score (nSPS) is 21.4. The minimum absolute atomic E-state index is 0.175. The van der Waals surface area contributed by atoms with Gasteiger partial charge in [0.05, 0.1) is 25.7 Å². The lowest BCUT2D eigenvalue weighted by atomic mass is 10.1. The van der Waals surface area contributed by atoms with Crippen LogP contribution >= 0.6 is 0 Å². The molecule has 1 saturated heterocycles. The first-order chi connectivity index (χ1) is 11.3. The number of alkyl halides is 3. The summed E-state index contributed by atoms with van der Waals surface area (Å²) in [6.45, 7) is -1.49. The standard InChI is InChI=1S/C15H16F3NO5/c16-15(17,18)12-9-23-11(6-13(20)21)7-19(12)14(22)24-8-10-4-2-1-3-5-10/h1-5,11-12H,6-9H2,(H,20,21). The van der Waals surface area contributed by atoms with Gasteiger partial charge in [-0.25, -0.2) is 4.79 Å². The van der Waals surface area contributed by atoms with Crippen molar-refractivity contribution in [1.82, 2.24) is 4.90 Å². The van der Waals surface area contributed by atoms with Gasteiger partial charge in [-0.3, -0.25) is 9.69 Å². The van der Waals surface area contributed by atoms with Crippen molar-refractivity contribution in [3.8, 4) is 0 Å². The lowest BCUT2D eigenvalue weighted by molar-refractivity contribution is -0.216. The molecule has 0 bridgehead atoms. The maximum Gasteiger partial charge on any atom is 0.411 e. The summed E-state index contributed by atoms with van der Waals surface area (Å²) in [5.74, 6) is -1.22. The van der Waals surface area contributed by atoms with Crippen LogP contribution in [0.5, 0.6) is 0 Å². The minimum Gasteiger partial charge on any atom is -0.481 e. The molecule has 2 unspecified atom stereocenters. The molecule has 1 aromatic rings. The van der Waals surface area contributed by atoms with Crippen LogP contribution in [-0.4, -0.2) is 53.5 Å². The molecule has 1 amide bonds. The van der Waals surface area contributed by atoms with E-state index in [1.165, 1.54) is 0 Å². The number of carboxylic acids is 1. The second-order valence-electron chi connectivity index (χ2n) is 5.30. The fraction of sp³-hybridized carbons (Fsp3) is 0.467. The van der Waals surface area contributed by atoms with E-state index in [0.717, 1.165) is 0 Å². The van der Waals surface area contributed by atoms with Crippen LogP contribution in [-0.2, 0) is 20.9 Å². The van der Waals surface area contributed by atoms with E-state index < -0.39 is 50.0 Å². The van der Waals surface area contributed by atoms with E-state index in [1.54, 1.807) is 30.3 Å². The molecule has 1 N–H and O–H groups in total. The number of rotatable bonds is 4. The molecule has 9 heteroatoms. The Labute approximate surface area is 135 Å². The smallest absolute Gasteiger partial charge is 0.411 e. The summed E-state index contributed by atoms with van der Waals surface area (Å²) in [6.07, 6.45) is -7.35. The molecule has 1 heterocycles. The van der Waals surface area contributed by atoms with Crippen LogP contribution in [0.2, 0.25) is 0 Å². The van der Waals surface area contributed by atoms with Crippen LogP contribution in [0.15, 0.2) is 30.3 Å². The molecule has 0 radical (unpaired) electrons. The van der Waals surface area contributed by atoms with E-state index in [9.17, 15) is 22.8 Å². The number of carbonyl (C=O) groups is 2. The Kier molecular flexibility index (Phi) is 5.66. The van der Waals surface area contributed by atoms with Crippen LogP contribution in [0.1, 0.15) is 12.0 Å². The number of amides is 1. The molecular formula is C15H16F3NO5. The SMILES string of the molecule is O=C(O)CC1CN(C(=O)OCc2ccccc2)C(C(F)(F)F)CO1. The molecule has 1 aromatic carbocycles. The van der Waals surface area contributed by atoms with Crippen LogP contribution in [0.3, 0.4) is 0 Å². The first kappa shape index (κ1) is 18.1. The molecule has 24 heavy (non-hydrogen) atoms. The van der Waals surface area contributed by atoms with E-state index >= 15 is 0 Å². The number of morpholine rings is 1. The highest BCUT2D eigenvalue weighted by Gasteiger charge is 2.49. The number of hydrogen-bond acceptors (Lipinski definition) is 4. The van der Waals surface area contributed by atoms with Gasteiger partial charge in [0.2, 0.25) is 0 Å². The summed E-state index contributed by atoms with van der Waals surface area (Å²) in [6, 6.07) is 6.34. The van der Waals surface area contributed by atoms with Gasteiger partial charge in [0.1, 0.15) is 6.61 Å². The maximum absolute atomic E-state index is 13.1. The van der Waals surface area contributed by atoms with E-state index in [0.29, 0.717) is 10.5 Å². The molecule has 2 rings (SSSR count). The zero-order chi connectivity index (χ0) is 17.7. The fourth-order valence-corrected chi connectivity index (χ4v) is 2.31. The number of halogens is 3. The lowest BCUT2D eigenvalue weighted by Crippen LogP contribution is -2.58. The van der Waals surface area contributed by atoms with Gasteiger partial charge in [-0.1, -0.05) is 30.3 Å². The Morgan fingerprint density at radius 3 is 2.54 bits per heavy atom. The third-order valence-electron chi connectivity index (χ3n) is 3.49. The van der Waals surface area contributed by atoms with Crippen LogP contribution in [0.4, 0.5) is 18.0 Å². The van der Waals surface area contributed by atoms with Crippen molar-refractivity contribution in [3.63, 3.8) is 0 Å². The summed E-state index contributed by atoms with van der Waals surface area (Å²) in [5.41, 5.74) is 0.629. The van der Waals surface area contributed by atoms with Crippen molar-refractivity contribution in [2.24, 2.45) is 0 Å². The lowest BCUT2D eigenvalue weighted by Gasteiger charge is -2.39. The summed E-state index contributed by atoms with van der Waals surface area (Å²) in [7, 11) is 0. The van der Waals surface area contributed by atoms with Gasteiger partial charge in [-0.2, -0.15) is 13.2 Å². The molecule has 1 aliphatic heterocycles. The van der Waals surface area contributed by atoms with E-state index in [2.05, 4.69) is 0 Å². The van der Waals surface area contributed by atoms with Gasteiger partial charge < -0.3 is 14.6 Å². The average molecular weight is 347 g/mol. The molecule has 132 valence electrons. The quantitative estimate of drug-likeness (QED) is 0.905. The molecule has 0 aromatic heterocycles. The molecular weight excluding hydrogens is 331 g/mol. The number of carboxylic acid groups (broad SMARTS) is 1. The first-order valence-corrected chi connectivity index (χ1v) is 7.15. The monoisotopic (exact) mass is 347 g/mol. The Morgan fingerprint density at radius 1 is 1.29 bits per heavy atom. The predicted octanol–water partition coefficient (Wildman–Crippen LogP) is 2.43. The van der Waals surface area contributed by atoms with Crippen molar-refractivity contribution >= 4 is 12.1 Å². The summed E-state index contributed by atoms with van der Waals surface area (Å²) < 4.78 is 49.0. The third-order valence-corrected chi connectivity index (χ3v) is 3.49. The van der Waals surface area contributed by atoms with E-state index in [-0.39, 0.29) is 6.61 Å². The van der Waals surface area contributed by atoms with Crippen LogP contribution in [0.25, 0.3) is 0 Å². The summed E-state index contributed by atoms with van der Waals surface area (Å²) >= 11 is 0. The van der Waals surface area contributed by atoms with Gasteiger partial charge in [0, 0.05) is 0 Å². The second kappa shape index (κ2) is 7.52. The Hall–Kier alpha value is -2.29. The van der Waals surface area contributed by atoms with E-state index in [1.807, 2.05) is 0 Å². The molecule has 1 fully saturated rings. The summed E-state index contributed by atoms with van der Waals surface area (Å²) in [4.78, 5) is 23.2. The topological polar surface area (TPSA) is 76.1 Å². The van der Waals surface area contributed by atoms with Gasteiger partial charge in [0.25, 0.3) is 0 Å². The average Bonchev–Trinajstić information content (AvgIpc) is 2.52. The van der Waals surface area contributed by atoms with Crippen molar-refractivity contribution in [1.29, 1.82) is 0 Å². The molecule has 6 nitrogen and oxygen atoms in total. The Balaban J connectivity index is 2.04. The highest BCUT2D eigenvalue weighted by atomic mass is 19.4. The van der Waals surface area contributed by atoms with Crippen LogP contribution < -0.4 is 0 Å². The third kappa shape index (κ3) is 4.85. The second-order valence-corrected chi connectivity index (χ2v) is 5.30. The van der Waals surface area contributed by atoms with Gasteiger partial charge in [0.15, 0.2) is 6.04 Å². The Morgan fingerprint density at radius 2 is 1.96 bits per heavy atom.